The number of piperidine rings is 1. The summed E-state index contributed by atoms with van der Waals surface area (Å²) in [6.07, 6.45) is 10.8. The van der Waals surface area contributed by atoms with E-state index in [9.17, 15) is 0 Å². The molecule has 27 heavy (non-hydrogen) atoms. The lowest BCUT2D eigenvalue weighted by Crippen LogP contribution is -2.34. The highest BCUT2D eigenvalue weighted by atomic mass is 15.2. The van der Waals surface area contributed by atoms with Crippen LogP contribution < -0.4 is 5.32 Å². The monoisotopic (exact) mass is 364 g/mol. The molecule has 0 unspecified atom stereocenters. The fourth-order valence-corrected chi connectivity index (χ4v) is 3.51. The first-order valence-corrected chi connectivity index (χ1v) is 9.28. The topological polar surface area (TPSA) is 84.7 Å². The Bertz CT molecular complexity index is 892. The van der Waals surface area contributed by atoms with Gasteiger partial charge in [-0.15, -0.1) is 0 Å². The molecule has 0 aliphatic carbocycles. The Balaban J connectivity index is 1.58. The van der Waals surface area contributed by atoms with Crippen LogP contribution in [0.5, 0.6) is 0 Å². The number of hydrogen-bond acceptors (Lipinski definition) is 7. The molecule has 1 aliphatic rings. The van der Waals surface area contributed by atoms with Crippen LogP contribution >= 0.6 is 0 Å². The van der Waals surface area contributed by atoms with Gasteiger partial charge in [0.05, 0.1) is 18.1 Å². The smallest absolute Gasteiger partial charge is 0.228 e. The van der Waals surface area contributed by atoms with Crippen molar-refractivity contribution in [2.45, 2.75) is 38.8 Å². The van der Waals surface area contributed by atoms with Crippen LogP contribution in [0, 0.1) is 6.92 Å². The van der Waals surface area contributed by atoms with Crippen LogP contribution in [0.1, 0.15) is 42.5 Å². The third-order valence-corrected chi connectivity index (χ3v) is 4.71. The molecule has 8 heteroatoms. The number of imidazole rings is 1. The van der Waals surface area contributed by atoms with E-state index in [1.165, 1.54) is 12.8 Å². The fourth-order valence-electron chi connectivity index (χ4n) is 3.51. The van der Waals surface area contributed by atoms with Crippen molar-refractivity contribution >= 4 is 11.8 Å². The van der Waals surface area contributed by atoms with Crippen LogP contribution in [0.2, 0.25) is 0 Å². The molecule has 0 spiro atoms. The molecule has 4 rings (SSSR count). The van der Waals surface area contributed by atoms with E-state index in [-0.39, 0.29) is 6.04 Å². The van der Waals surface area contributed by atoms with E-state index in [0.717, 1.165) is 42.5 Å². The highest BCUT2D eigenvalue weighted by Crippen LogP contribution is 2.31. The fraction of sp³-hybridized carbons (Fsp3) is 0.421. The predicted octanol–water partition coefficient (Wildman–Crippen LogP) is 2.78. The van der Waals surface area contributed by atoms with Gasteiger partial charge in [0.15, 0.2) is 0 Å². The number of likely N-dealkylation sites (tertiary alicyclic amines) is 1. The number of nitrogens with one attached hydrogen (secondary N) is 1. The molecule has 1 saturated heterocycles. The number of aryl methyl sites for hydroxylation is 2. The molecule has 0 bridgehead atoms. The Hall–Kier alpha value is -2.87. The lowest BCUT2D eigenvalue weighted by Gasteiger charge is -2.34. The molecule has 1 atom stereocenters. The summed E-state index contributed by atoms with van der Waals surface area (Å²) in [5.41, 5.74) is 2.01. The second-order valence-corrected chi connectivity index (χ2v) is 6.96. The Labute approximate surface area is 158 Å². The van der Waals surface area contributed by atoms with Crippen LogP contribution in [-0.4, -0.2) is 40.9 Å². The van der Waals surface area contributed by atoms with Crippen LogP contribution in [-0.2, 0) is 13.6 Å². The minimum atomic E-state index is 0.192. The van der Waals surface area contributed by atoms with Crippen molar-refractivity contribution in [3.63, 3.8) is 0 Å². The highest BCUT2D eigenvalue weighted by molar-refractivity contribution is 5.47. The molecular weight excluding hydrogens is 340 g/mol. The third kappa shape index (κ3) is 4.28. The van der Waals surface area contributed by atoms with Crippen molar-refractivity contribution in [2.75, 3.05) is 11.9 Å². The van der Waals surface area contributed by atoms with Gasteiger partial charge in [-0.3, -0.25) is 4.90 Å². The molecule has 0 amide bonds. The van der Waals surface area contributed by atoms with Gasteiger partial charge in [-0.2, -0.15) is 0 Å². The average Bonchev–Trinajstić information content (AvgIpc) is 3.07. The quantitative estimate of drug-likeness (QED) is 0.745. The van der Waals surface area contributed by atoms with E-state index in [0.29, 0.717) is 5.95 Å². The molecule has 1 aliphatic heterocycles. The van der Waals surface area contributed by atoms with Gasteiger partial charge >= 0.3 is 0 Å². The molecular formula is C19H24N8. The lowest BCUT2D eigenvalue weighted by atomic mass is 10.0. The van der Waals surface area contributed by atoms with Crippen molar-refractivity contribution < 1.29 is 0 Å². The molecule has 4 heterocycles. The number of hydrogen-bond donors (Lipinski definition) is 1. The first-order chi connectivity index (χ1) is 13.2. The maximum atomic E-state index is 4.78. The maximum absolute atomic E-state index is 4.78. The average molecular weight is 364 g/mol. The van der Waals surface area contributed by atoms with Gasteiger partial charge in [0.2, 0.25) is 5.95 Å². The van der Waals surface area contributed by atoms with Crippen molar-refractivity contribution in [1.82, 2.24) is 34.4 Å². The zero-order valence-electron chi connectivity index (χ0n) is 15.7. The van der Waals surface area contributed by atoms with Gasteiger partial charge in [-0.25, -0.2) is 24.9 Å². The van der Waals surface area contributed by atoms with E-state index in [1.807, 2.05) is 30.9 Å². The number of rotatable bonds is 5. The zero-order chi connectivity index (χ0) is 18.6. The summed E-state index contributed by atoms with van der Waals surface area (Å²) in [4.78, 5) is 24.9. The molecule has 3 aromatic rings. The van der Waals surface area contributed by atoms with Gasteiger partial charge in [0, 0.05) is 43.9 Å². The Morgan fingerprint density at radius 2 is 2.00 bits per heavy atom. The molecule has 1 fully saturated rings. The summed E-state index contributed by atoms with van der Waals surface area (Å²) in [7, 11) is 2.00. The van der Waals surface area contributed by atoms with Gasteiger partial charge < -0.3 is 9.88 Å². The van der Waals surface area contributed by atoms with Crippen molar-refractivity contribution in [1.29, 1.82) is 0 Å². The van der Waals surface area contributed by atoms with Crippen molar-refractivity contribution in [2.24, 2.45) is 7.05 Å². The van der Waals surface area contributed by atoms with Gasteiger partial charge in [-0.05, 0) is 32.4 Å². The van der Waals surface area contributed by atoms with Crippen LogP contribution in [0.4, 0.5) is 11.8 Å². The van der Waals surface area contributed by atoms with Crippen LogP contribution in [0.25, 0.3) is 0 Å². The standard InChI is InChI=1S/C19H24N8/c1-14-10-17(25-19-20-7-5-8-21-19)24-18(23-14)16-6-3-4-9-27(16)12-15-11-26(2)13-22-15/h5,7-8,10-11,13,16H,3-4,6,9,12H2,1-2H3,(H,20,21,23,24,25)/t16-/m1/s1. The summed E-state index contributed by atoms with van der Waals surface area (Å²) < 4.78 is 1.99. The van der Waals surface area contributed by atoms with Crippen molar-refractivity contribution in [3.8, 4) is 0 Å². The number of anilines is 2. The third-order valence-electron chi connectivity index (χ3n) is 4.71. The SMILES string of the molecule is Cc1cc(Nc2ncccn2)nc([C@H]2CCCCN2Cc2cn(C)cn2)n1. The molecule has 8 nitrogen and oxygen atoms in total. The second-order valence-electron chi connectivity index (χ2n) is 6.96. The normalized spacial score (nSPS) is 17.8. The Morgan fingerprint density at radius 1 is 1.15 bits per heavy atom. The molecule has 0 saturated carbocycles. The lowest BCUT2D eigenvalue weighted by molar-refractivity contribution is 0.132. The van der Waals surface area contributed by atoms with E-state index in [4.69, 9.17) is 9.97 Å². The van der Waals surface area contributed by atoms with Gasteiger partial charge in [0.25, 0.3) is 0 Å². The number of aromatic nitrogens is 6. The van der Waals surface area contributed by atoms with Crippen LogP contribution in [0.15, 0.2) is 37.1 Å². The van der Waals surface area contributed by atoms with Gasteiger partial charge in [0.1, 0.15) is 11.6 Å². The van der Waals surface area contributed by atoms with E-state index < -0.39 is 0 Å². The molecule has 0 radical (unpaired) electrons. The van der Waals surface area contributed by atoms with Crippen molar-refractivity contribution in [3.05, 3.63) is 54.3 Å². The molecule has 1 N–H and O–H groups in total. The second kappa shape index (κ2) is 7.79. The van der Waals surface area contributed by atoms with Crippen LogP contribution in [0.3, 0.4) is 0 Å². The Morgan fingerprint density at radius 3 is 2.78 bits per heavy atom. The largest absolute Gasteiger partial charge is 0.340 e. The maximum Gasteiger partial charge on any atom is 0.228 e. The zero-order valence-corrected chi connectivity index (χ0v) is 15.7. The molecule has 140 valence electrons. The molecule has 0 aromatic carbocycles. The predicted molar refractivity (Wildman–Crippen MR) is 102 cm³/mol. The first-order valence-electron chi connectivity index (χ1n) is 9.28. The minimum absolute atomic E-state index is 0.192. The summed E-state index contributed by atoms with van der Waals surface area (Å²) in [5, 5.41) is 3.18. The summed E-state index contributed by atoms with van der Waals surface area (Å²) in [6.45, 7) is 3.84. The molecule has 3 aromatic heterocycles. The van der Waals surface area contributed by atoms with E-state index >= 15 is 0 Å². The minimum Gasteiger partial charge on any atom is -0.340 e. The first kappa shape index (κ1) is 17.5. The van der Waals surface area contributed by atoms with E-state index in [2.05, 4.69) is 31.4 Å². The highest BCUT2D eigenvalue weighted by Gasteiger charge is 2.27. The van der Waals surface area contributed by atoms with Gasteiger partial charge in [-0.1, -0.05) is 6.42 Å². The summed E-state index contributed by atoms with van der Waals surface area (Å²) in [5.74, 6) is 2.12. The number of nitrogens with zero attached hydrogens (tertiary/aromatic N) is 7. The summed E-state index contributed by atoms with van der Waals surface area (Å²) in [6, 6.07) is 3.91. The van der Waals surface area contributed by atoms with E-state index in [1.54, 1.807) is 18.5 Å². The Kier molecular flexibility index (Phi) is 5.06. The summed E-state index contributed by atoms with van der Waals surface area (Å²) >= 11 is 0.